The number of carbonyl (C=O) groups excluding carboxylic acids is 1. The number of hydrogen-bond acceptors (Lipinski definition) is 6. The standard InChI is InChI=1S/C26H19ClN2O4S/c1-15-22(25(31)32-2)23(16-7-4-3-5-8-16)29-24(30)21(34-26(29)28-15)14-19-11-12-20(33-19)17-9-6-10-18(27)13-17/h3-14,23H,1-2H3/t23-/m1/s1. The Labute approximate surface area is 203 Å². The molecule has 0 amide bonds. The lowest BCUT2D eigenvalue weighted by molar-refractivity contribution is -0.136. The molecule has 0 N–H and O–H groups in total. The molecule has 4 aromatic rings. The van der Waals surface area contributed by atoms with Crippen LogP contribution in [0.2, 0.25) is 5.02 Å². The number of methoxy groups -OCH3 is 1. The number of rotatable bonds is 4. The normalized spacial score (nSPS) is 15.7. The Morgan fingerprint density at radius 3 is 2.68 bits per heavy atom. The third-order valence-corrected chi connectivity index (χ3v) is 6.77. The Kier molecular flexibility index (Phi) is 5.81. The van der Waals surface area contributed by atoms with Gasteiger partial charge in [-0.05, 0) is 36.8 Å². The molecule has 0 spiro atoms. The van der Waals surface area contributed by atoms with Gasteiger partial charge in [0.05, 0.1) is 29.0 Å². The van der Waals surface area contributed by atoms with Gasteiger partial charge in [-0.3, -0.25) is 9.36 Å². The molecule has 0 unspecified atom stereocenters. The Bertz CT molecular complexity index is 1610. The predicted molar refractivity (Wildman–Crippen MR) is 131 cm³/mol. The third kappa shape index (κ3) is 3.93. The van der Waals surface area contributed by atoms with E-state index >= 15 is 0 Å². The molecule has 0 radical (unpaired) electrons. The van der Waals surface area contributed by atoms with Gasteiger partial charge in [-0.15, -0.1) is 0 Å². The van der Waals surface area contributed by atoms with E-state index in [0.717, 1.165) is 11.1 Å². The van der Waals surface area contributed by atoms with Gasteiger partial charge < -0.3 is 9.15 Å². The molecule has 0 saturated heterocycles. The van der Waals surface area contributed by atoms with Gasteiger partial charge >= 0.3 is 5.97 Å². The molecule has 0 bridgehead atoms. The molecule has 0 saturated carbocycles. The van der Waals surface area contributed by atoms with Crippen molar-refractivity contribution in [3.8, 4) is 11.3 Å². The van der Waals surface area contributed by atoms with Gasteiger partial charge in [-0.25, -0.2) is 9.79 Å². The van der Waals surface area contributed by atoms with E-state index in [0.29, 0.717) is 37.1 Å². The van der Waals surface area contributed by atoms with Crippen molar-refractivity contribution in [3.63, 3.8) is 0 Å². The van der Waals surface area contributed by atoms with Crippen molar-refractivity contribution < 1.29 is 13.9 Å². The third-order valence-electron chi connectivity index (χ3n) is 5.55. The van der Waals surface area contributed by atoms with Crippen LogP contribution in [0.5, 0.6) is 0 Å². The van der Waals surface area contributed by atoms with E-state index in [1.807, 2.05) is 54.6 Å². The van der Waals surface area contributed by atoms with Crippen molar-refractivity contribution >= 4 is 35.0 Å². The maximum atomic E-state index is 13.5. The average molecular weight is 491 g/mol. The van der Waals surface area contributed by atoms with Gasteiger partial charge in [0.15, 0.2) is 4.80 Å². The van der Waals surface area contributed by atoms with Crippen LogP contribution in [0.15, 0.2) is 92.2 Å². The highest BCUT2D eigenvalue weighted by Crippen LogP contribution is 2.30. The number of esters is 1. The summed E-state index contributed by atoms with van der Waals surface area (Å²) in [5.74, 6) is 0.662. The average Bonchev–Trinajstić information content (AvgIpc) is 3.43. The van der Waals surface area contributed by atoms with Crippen LogP contribution in [0, 0.1) is 0 Å². The van der Waals surface area contributed by atoms with E-state index in [1.165, 1.54) is 18.4 Å². The van der Waals surface area contributed by atoms with Gasteiger partial charge in [-0.1, -0.05) is 65.4 Å². The van der Waals surface area contributed by atoms with Crippen LogP contribution < -0.4 is 14.9 Å². The summed E-state index contributed by atoms with van der Waals surface area (Å²) in [6.07, 6.45) is 1.69. The number of ether oxygens (including phenoxy) is 1. The molecule has 1 aliphatic rings. The van der Waals surface area contributed by atoms with Crippen molar-refractivity contribution in [2.75, 3.05) is 7.11 Å². The van der Waals surface area contributed by atoms with E-state index < -0.39 is 12.0 Å². The molecule has 3 heterocycles. The molecular formula is C26H19ClN2O4S. The van der Waals surface area contributed by atoms with Crippen molar-refractivity contribution in [3.05, 3.63) is 114 Å². The highest BCUT2D eigenvalue weighted by molar-refractivity contribution is 7.07. The largest absolute Gasteiger partial charge is 0.466 e. The monoisotopic (exact) mass is 490 g/mol. The van der Waals surface area contributed by atoms with Crippen molar-refractivity contribution in [2.45, 2.75) is 13.0 Å². The highest BCUT2D eigenvalue weighted by atomic mass is 35.5. The van der Waals surface area contributed by atoms with Crippen LogP contribution in [0.1, 0.15) is 24.3 Å². The van der Waals surface area contributed by atoms with Crippen LogP contribution in [0.4, 0.5) is 0 Å². The van der Waals surface area contributed by atoms with Crippen molar-refractivity contribution in [1.82, 2.24) is 4.57 Å². The highest BCUT2D eigenvalue weighted by Gasteiger charge is 2.32. The first-order valence-electron chi connectivity index (χ1n) is 10.5. The number of allylic oxidation sites excluding steroid dienone is 1. The molecule has 2 aromatic heterocycles. The Morgan fingerprint density at radius 2 is 1.94 bits per heavy atom. The molecular weight excluding hydrogens is 472 g/mol. The minimum Gasteiger partial charge on any atom is -0.466 e. The van der Waals surface area contributed by atoms with E-state index in [-0.39, 0.29) is 5.56 Å². The summed E-state index contributed by atoms with van der Waals surface area (Å²) in [7, 11) is 1.32. The summed E-state index contributed by atoms with van der Waals surface area (Å²) in [5, 5.41) is 0.612. The van der Waals surface area contributed by atoms with E-state index in [2.05, 4.69) is 4.99 Å². The number of carbonyl (C=O) groups is 1. The summed E-state index contributed by atoms with van der Waals surface area (Å²) in [4.78, 5) is 31.3. The summed E-state index contributed by atoms with van der Waals surface area (Å²) >= 11 is 7.34. The Morgan fingerprint density at radius 1 is 1.15 bits per heavy atom. The lowest BCUT2D eigenvalue weighted by atomic mass is 9.96. The molecule has 8 heteroatoms. The van der Waals surface area contributed by atoms with E-state index in [4.69, 9.17) is 20.8 Å². The lowest BCUT2D eigenvalue weighted by Crippen LogP contribution is -2.39. The molecule has 6 nitrogen and oxygen atoms in total. The lowest BCUT2D eigenvalue weighted by Gasteiger charge is -2.24. The minimum absolute atomic E-state index is 0.257. The summed E-state index contributed by atoms with van der Waals surface area (Å²) in [6.45, 7) is 1.75. The smallest absolute Gasteiger partial charge is 0.338 e. The van der Waals surface area contributed by atoms with Crippen LogP contribution >= 0.6 is 22.9 Å². The molecule has 0 aliphatic carbocycles. The Hall–Kier alpha value is -3.68. The molecule has 1 aliphatic heterocycles. The van der Waals surface area contributed by atoms with Crippen molar-refractivity contribution in [1.29, 1.82) is 0 Å². The first-order chi connectivity index (χ1) is 16.5. The second-order valence-corrected chi connectivity index (χ2v) is 9.14. The van der Waals surface area contributed by atoms with E-state index in [9.17, 15) is 9.59 Å². The summed E-state index contributed by atoms with van der Waals surface area (Å²) in [5.41, 5.74) is 2.25. The number of furan rings is 1. The van der Waals surface area contributed by atoms with Crippen LogP contribution in [-0.4, -0.2) is 17.6 Å². The van der Waals surface area contributed by atoms with Crippen LogP contribution in [0.25, 0.3) is 17.4 Å². The molecule has 34 heavy (non-hydrogen) atoms. The fraction of sp³-hybridized carbons (Fsp3) is 0.115. The van der Waals surface area contributed by atoms with Gasteiger partial charge in [0.2, 0.25) is 0 Å². The maximum Gasteiger partial charge on any atom is 0.338 e. The molecule has 2 aromatic carbocycles. The fourth-order valence-electron chi connectivity index (χ4n) is 4.00. The van der Waals surface area contributed by atoms with Gasteiger partial charge in [-0.2, -0.15) is 0 Å². The zero-order chi connectivity index (χ0) is 23.8. The van der Waals surface area contributed by atoms with Crippen LogP contribution in [0.3, 0.4) is 0 Å². The van der Waals surface area contributed by atoms with Gasteiger partial charge in [0.25, 0.3) is 5.56 Å². The first-order valence-corrected chi connectivity index (χ1v) is 11.7. The first kappa shape index (κ1) is 22.1. The Balaban J connectivity index is 1.64. The number of thiazole rings is 1. The number of fused-ring (bicyclic) bond motifs is 1. The van der Waals surface area contributed by atoms with Crippen molar-refractivity contribution in [2.24, 2.45) is 4.99 Å². The summed E-state index contributed by atoms with van der Waals surface area (Å²) < 4.78 is 13.0. The number of hydrogen-bond donors (Lipinski definition) is 0. The minimum atomic E-state index is -0.634. The van der Waals surface area contributed by atoms with E-state index in [1.54, 1.807) is 29.7 Å². The number of nitrogens with zero attached hydrogens (tertiary/aromatic N) is 2. The molecule has 5 rings (SSSR count). The quantitative estimate of drug-likeness (QED) is 0.399. The number of aromatic nitrogens is 1. The second kappa shape index (κ2) is 8.93. The van der Waals surface area contributed by atoms with Gasteiger partial charge in [0, 0.05) is 16.7 Å². The topological polar surface area (TPSA) is 73.8 Å². The zero-order valence-electron chi connectivity index (χ0n) is 18.3. The SMILES string of the molecule is COC(=O)C1=C(C)N=c2sc(=Cc3ccc(-c4cccc(Cl)c4)o3)c(=O)n2[C@@H]1c1ccccc1. The van der Waals surface area contributed by atoms with Gasteiger partial charge in [0.1, 0.15) is 11.5 Å². The number of halogens is 1. The molecule has 170 valence electrons. The maximum absolute atomic E-state index is 13.5. The second-order valence-electron chi connectivity index (χ2n) is 7.70. The summed E-state index contributed by atoms with van der Waals surface area (Å²) in [6, 6.07) is 19.8. The number of benzene rings is 2. The molecule has 1 atom stereocenters. The zero-order valence-corrected chi connectivity index (χ0v) is 19.9. The molecule has 0 fully saturated rings. The predicted octanol–water partition coefficient (Wildman–Crippen LogP) is 4.32. The van der Waals surface area contributed by atoms with Crippen LogP contribution in [-0.2, 0) is 9.53 Å². The fourth-order valence-corrected chi connectivity index (χ4v) is 5.22.